The third-order valence-corrected chi connectivity index (χ3v) is 5.82. The number of aliphatic hydroxyl groups excluding tert-OH is 2. The SMILES string of the molecule is O=[N+]([O-])c1cc(S(=O)(=O)N(CCO)CCO)sc1Cl. The van der Waals surface area contributed by atoms with Crippen molar-refractivity contribution in [1.82, 2.24) is 4.31 Å². The van der Waals surface area contributed by atoms with E-state index in [1.54, 1.807) is 0 Å². The van der Waals surface area contributed by atoms with Gasteiger partial charge in [-0.1, -0.05) is 11.6 Å². The molecule has 2 N–H and O–H groups in total. The quantitative estimate of drug-likeness (QED) is 0.547. The predicted octanol–water partition coefficient (Wildman–Crippen LogP) is 0.285. The van der Waals surface area contributed by atoms with Gasteiger partial charge in [0.2, 0.25) is 0 Å². The van der Waals surface area contributed by atoms with Crippen LogP contribution in [0.4, 0.5) is 5.69 Å². The first-order valence-electron chi connectivity index (χ1n) is 5.00. The zero-order chi connectivity index (χ0) is 14.6. The molecule has 0 amide bonds. The largest absolute Gasteiger partial charge is 0.395 e. The van der Waals surface area contributed by atoms with Crippen LogP contribution in [0.2, 0.25) is 4.34 Å². The van der Waals surface area contributed by atoms with E-state index in [2.05, 4.69) is 0 Å². The highest BCUT2D eigenvalue weighted by Gasteiger charge is 2.30. The van der Waals surface area contributed by atoms with E-state index in [1.165, 1.54) is 0 Å². The van der Waals surface area contributed by atoms with Gasteiger partial charge in [0.1, 0.15) is 4.21 Å². The van der Waals surface area contributed by atoms with Crippen LogP contribution < -0.4 is 0 Å². The van der Waals surface area contributed by atoms with E-state index in [0.717, 1.165) is 10.4 Å². The molecule has 0 bridgehead atoms. The van der Waals surface area contributed by atoms with E-state index in [9.17, 15) is 18.5 Å². The summed E-state index contributed by atoms with van der Waals surface area (Å²) in [5, 5.41) is 28.2. The lowest BCUT2D eigenvalue weighted by Crippen LogP contribution is -2.35. The van der Waals surface area contributed by atoms with Gasteiger partial charge in [0.25, 0.3) is 15.7 Å². The molecule has 0 fully saturated rings. The van der Waals surface area contributed by atoms with E-state index in [-0.39, 0.29) is 21.6 Å². The maximum atomic E-state index is 12.1. The second-order valence-electron chi connectivity index (χ2n) is 3.33. The first-order valence-corrected chi connectivity index (χ1v) is 7.63. The van der Waals surface area contributed by atoms with Crippen molar-refractivity contribution < 1.29 is 23.6 Å². The van der Waals surface area contributed by atoms with E-state index in [1.807, 2.05) is 0 Å². The lowest BCUT2D eigenvalue weighted by molar-refractivity contribution is -0.384. The number of sulfonamides is 1. The summed E-state index contributed by atoms with van der Waals surface area (Å²) < 4.78 is 24.6. The Bertz CT molecular complexity index is 552. The molecular weight excluding hydrogens is 320 g/mol. The number of rotatable bonds is 7. The van der Waals surface area contributed by atoms with E-state index in [0.29, 0.717) is 11.3 Å². The minimum absolute atomic E-state index is 0.216. The Labute approximate surface area is 118 Å². The van der Waals surface area contributed by atoms with Crippen molar-refractivity contribution in [2.24, 2.45) is 0 Å². The van der Waals surface area contributed by atoms with Gasteiger partial charge in [-0.2, -0.15) is 4.31 Å². The number of nitrogens with zero attached hydrogens (tertiary/aromatic N) is 2. The third-order valence-electron chi connectivity index (χ3n) is 2.14. The highest BCUT2D eigenvalue weighted by atomic mass is 35.5. The van der Waals surface area contributed by atoms with Crippen LogP contribution in [0.3, 0.4) is 0 Å². The Morgan fingerprint density at radius 2 is 1.89 bits per heavy atom. The molecule has 11 heteroatoms. The monoisotopic (exact) mass is 330 g/mol. The third kappa shape index (κ3) is 3.61. The van der Waals surface area contributed by atoms with Gasteiger partial charge in [-0.25, -0.2) is 8.42 Å². The molecule has 108 valence electrons. The van der Waals surface area contributed by atoms with Crippen LogP contribution in [0.15, 0.2) is 10.3 Å². The molecule has 19 heavy (non-hydrogen) atoms. The molecule has 1 aromatic heterocycles. The van der Waals surface area contributed by atoms with Crippen molar-refractivity contribution in [3.05, 3.63) is 20.5 Å². The van der Waals surface area contributed by atoms with Gasteiger partial charge in [0.05, 0.1) is 18.1 Å². The van der Waals surface area contributed by atoms with Crippen molar-refractivity contribution in [2.45, 2.75) is 4.21 Å². The molecule has 0 saturated heterocycles. The molecule has 0 radical (unpaired) electrons. The Hall–Kier alpha value is -0.780. The summed E-state index contributed by atoms with van der Waals surface area (Å²) in [6, 6.07) is 0.865. The molecule has 1 aromatic rings. The molecule has 0 aliphatic heterocycles. The number of halogens is 1. The highest BCUT2D eigenvalue weighted by molar-refractivity contribution is 7.91. The van der Waals surface area contributed by atoms with Crippen molar-refractivity contribution in [2.75, 3.05) is 26.3 Å². The molecular formula is C8H11ClN2O6S2. The average molecular weight is 331 g/mol. The van der Waals surface area contributed by atoms with Crippen LogP contribution >= 0.6 is 22.9 Å². The van der Waals surface area contributed by atoms with Gasteiger partial charge in [0.15, 0.2) is 4.34 Å². The van der Waals surface area contributed by atoms with Crippen LogP contribution in [0.5, 0.6) is 0 Å². The number of thiophene rings is 1. The summed E-state index contributed by atoms with van der Waals surface area (Å²) in [6.07, 6.45) is 0. The lowest BCUT2D eigenvalue weighted by atomic mass is 10.6. The van der Waals surface area contributed by atoms with Crippen molar-refractivity contribution >= 4 is 38.6 Å². The standard InChI is InChI=1S/C8H11ClN2O6S2/c9-8-6(11(14)15)5-7(18-8)19(16,17)10(1-3-12)2-4-13/h5,12-13H,1-4H2. The maximum Gasteiger partial charge on any atom is 0.300 e. The van der Waals surface area contributed by atoms with E-state index < -0.39 is 33.8 Å². The minimum Gasteiger partial charge on any atom is -0.395 e. The fourth-order valence-corrected chi connectivity index (χ4v) is 4.53. The summed E-state index contributed by atoms with van der Waals surface area (Å²) in [7, 11) is -4.02. The zero-order valence-electron chi connectivity index (χ0n) is 9.52. The number of aliphatic hydroxyl groups is 2. The van der Waals surface area contributed by atoms with Crippen molar-refractivity contribution in [3.8, 4) is 0 Å². The van der Waals surface area contributed by atoms with Gasteiger partial charge >= 0.3 is 0 Å². The maximum absolute atomic E-state index is 12.1. The van der Waals surface area contributed by atoms with Crippen LogP contribution in [-0.4, -0.2) is 54.2 Å². The van der Waals surface area contributed by atoms with Gasteiger partial charge in [-0.3, -0.25) is 10.1 Å². The molecule has 1 rings (SSSR count). The predicted molar refractivity (Wildman–Crippen MR) is 68.9 cm³/mol. The molecule has 0 aromatic carbocycles. The Kier molecular flexibility index (Phi) is 5.64. The molecule has 1 heterocycles. The molecule has 0 atom stereocenters. The van der Waals surface area contributed by atoms with Gasteiger partial charge < -0.3 is 10.2 Å². The summed E-state index contributed by atoms with van der Waals surface area (Å²) >= 11 is 6.16. The fraction of sp³-hybridized carbons (Fsp3) is 0.500. The van der Waals surface area contributed by atoms with Gasteiger partial charge in [-0.15, -0.1) is 11.3 Å². The molecule has 0 saturated carbocycles. The Morgan fingerprint density at radius 3 is 2.26 bits per heavy atom. The van der Waals surface area contributed by atoms with Crippen molar-refractivity contribution in [3.63, 3.8) is 0 Å². The lowest BCUT2D eigenvalue weighted by Gasteiger charge is -2.18. The van der Waals surface area contributed by atoms with Crippen LogP contribution in [-0.2, 0) is 10.0 Å². The van der Waals surface area contributed by atoms with E-state index in [4.69, 9.17) is 21.8 Å². The average Bonchev–Trinajstić information content (AvgIpc) is 2.72. The summed E-state index contributed by atoms with van der Waals surface area (Å²) in [5.74, 6) is 0. The fourth-order valence-electron chi connectivity index (χ4n) is 1.29. The Balaban J connectivity index is 3.17. The minimum atomic E-state index is -4.02. The zero-order valence-corrected chi connectivity index (χ0v) is 11.9. The summed E-state index contributed by atoms with van der Waals surface area (Å²) in [4.78, 5) is 9.85. The molecule has 0 unspecified atom stereocenters. The van der Waals surface area contributed by atoms with Crippen molar-refractivity contribution in [1.29, 1.82) is 0 Å². The summed E-state index contributed by atoms with van der Waals surface area (Å²) in [6.45, 7) is -1.29. The van der Waals surface area contributed by atoms with Crippen LogP contribution in [0.25, 0.3) is 0 Å². The van der Waals surface area contributed by atoms with Gasteiger partial charge in [-0.05, 0) is 0 Å². The number of nitro groups is 1. The number of hydrogen-bond acceptors (Lipinski definition) is 7. The van der Waals surface area contributed by atoms with Crippen LogP contribution in [0.1, 0.15) is 0 Å². The smallest absolute Gasteiger partial charge is 0.300 e. The molecule has 0 aliphatic carbocycles. The number of hydrogen-bond donors (Lipinski definition) is 2. The molecule has 0 spiro atoms. The topological polar surface area (TPSA) is 121 Å². The van der Waals surface area contributed by atoms with Crippen LogP contribution in [0, 0.1) is 10.1 Å². The first-order chi connectivity index (χ1) is 8.84. The Morgan fingerprint density at radius 1 is 1.37 bits per heavy atom. The second-order valence-corrected chi connectivity index (χ2v) is 7.15. The summed E-state index contributed by atoms with van der Waals surface area (Å²) in [5.41, 5.74) is -0.488. The second kappa shape index (κ2) is 6.59. The molecule has 8 nitrogen and oxygen atoms in total. The molecule has 0 aliphatic rings. The normalized spacial score (nSPS) is 12.0. The first kappa shape index (κ1) is 16.3. The van der Waals surface area contributed by atoms with Gasteiger partial charge in [0, 0.05) is 19.2 Å². The van der Waals surface area contributed by atoms with E-state index >= 15 is 0 Å². The highest BCUT2D eigenvalue weighted by Crippen LogP contribution is 2.37.